The minimum atomic E-state index is -1.13. The highest BCUT2D eigenvalue weighted by Crippen LogP contribution is 2.31. The molecule has 0 radical (unpaired) electrons. The summed E-state index contributed by atoms with van der Waals surface area (Å²) in [5.74, 6) is -0.334. The second-order valence-electron chi connectivity index (χ2n) is 5.09. The van der Waals surface area contributed by atoms with E-state index in [1.165, 1.54) is 0 Å². The van der Waals surface area contributed by atoms with Crippen molar-refractivity contribution in [2.75, 3.05) is 6.61 Å². The van der Waals surface area contributed by atoms with Crippen molar-refractivity contribution in [3.8, 4) is 0 Å². The van der Waals surface area contributed by atoms with Crippen LogP contribution in [-0.2, 0) is 16.0 Å². The van der Waals surface area contributed by atoms with E-state index in [-0.39, 0.29) is 0 Å². The molecule has 0 aliphatic heterocycles. The predicted octanol–water partition coefficient (Wildman–Crippen LogP) is 3.26. The third kappa shape index (κ3) is 3.56. The van der Waals surface area contributed by atoms with E-state index in [1.807, 2.05) is 24.3 Å². The minimum absolute atomic E-state index is 0.391. The van der Waals surface area contributed by atoms with Crippen LogP contribution in [0.25, 0.3) is 0 Å². The first kappa shape index (κ1) is 13.6. The second kappa shape index (κ2) is 5.41. The van der Waals surface area contributed by atoms with Crippen LogP contribution in [0.5, 0.6) is 0 Å². The van der Waals surface area contributed by atoms with Gasteiger partial charge in [-0.25, -0.2) is 4.79 Å². The van der Waals surface area contributed by atoms with E-state index in [0.29, 0.717) is 18.9 Å². The SMILES string of the molecule is CC(Cc1ccc(Br)cc1)(OCC1CC1)C(=O)O. The lowest BCUT2D eigenvalue weighted by molar-refractivity contribution is -0.164. The third-order valence-electron chi connectivity index (χ3n) is 3.24. The number of carboxylic acids is 1. The predicted molar refractivity (Wildman–Crippen MR) is 72.6 cm³/mol. The summed E-state index contributed by atoms with van der Waals surface area (Å²) in [6.45, 7) is 2.21. The van der Waals surface area contributed by atoms with Gasteiger partial charge < -0.3 is 9.84 Å². The highest BCUT2D eigenvalue weighted by molar-refractivity contribution is 9.10. The van der Waals surface area contributed by atoms with Gasteiger partial charge in [-0.2, -0.15) is 0 Å². The average molecular weight is 313 g/mol. The minimum Gasteiger partial charge on any atom is -0.479 e. The van der Waals surface area contributed by atoms with Gasteiger partial charge in [-0.05, 0) is 43.4 Å². The van der Waals surface area contributed by atoms with Crippen LogP contribution in [0.1, 0.15) is 25.3 Å². The highest BCUT2D eigenvalue weighted by atomic mass is 79.9. The van der Waals surface area contributed by atoms with Crippen molar-refractivity contribution < 1.29 is 14.6 Å². The summed E-state index contributed by atoms with van der Waals surface area (Å²) in [6.07, 6.45) is 2.71. The number of carboxylic acid groups (broad SMARTS) is 1. The topological polar surface area (TPSA) is 46.5 Å². The summed E-state index contributed by atoms with van der Waals surface area (Å²) in [7, 11) is 0. The van der Waals surface area contributed by atoms with Crippen molar-refractivity contribution in [2.24, 2.45) is 5.92 Å². The molecule has 1 atom stereocenters. The Labute approximate surface area is 115 Å². The molecule has 1 aliphatic carbocycles. The first-order valence-corrected chi connectivity index (χ1v) is 6.91. The lowest BCUT2D eigenvalue weighted by Gasteiger charge is -2.25. The molecule has 2 rings (SSSR count). The molecule has 1 saturated carbocycles. The zero-order valence-corrected chi connectivity index (χ0v) is 11.9. The van der Waals surface area contributed by atoms with Gasteiger partial charge in [0.15, 0.2) is 5.60 Å². The lowest BCUT2D eigenvalue weighted by Crippen LogP contribution is -2.41. The molecule has 1 fully saturated rings. The maximum absolute atomic E-state index is 11.4. The van der Waals surface area contributed by atoms with Crippen molar-refractivity contribution in [3.05, 3.63) is 34.3 Å². The molecule has 1 aromatic rings. The van der Waals surface area contributed by atoms with Crippen LogP contribution in [0.2, 0.25) is 0 Å². The maximum atomic E-state index is 11.4. The van der Waals surface area contributed by atoms with Crippen LogP contribution in [0.4, 0.5) is 0 Å². The Bertz CT molecular complexity index is 425. The third-order valence-corrected chi connectivity index (χ3v) is 3.77. The Balaban J connectivity index is 2.03. The van der Waals surface area contributed by atoms with Crippen LogP contribution in [0.15, 0.2) is 28.7 Å². The van der Waals surface area contributed by atoms with E-state index in [4.69, 9.17) is 4.74 Å². The molecule has 4 heteroatoms. The number of benzene rings is 1. The monoisotopic (exact) mass is 312 g/mol. The molecule has 0 aromatic heterocycles. The van der Waals surface area contributed by atoms with Crippen LogP contribution in [0, 0.1) is 5.92 Å². The molecule has 1 aromatic carbocycles. The quantitative estimate of drug-likeness (QED) is 0.877. The van der Waals surface area contributed by atoms with Gasteiger partial charge in [0.25, 0.3) is 0 Å². The number of hydrogen-bond donors (Lipinski definition) is 1. The number of ether oxygens (including phenoxy) is 1. The number of carbonyl (C=O) groups is 1. The molecule has 0 heterocycles. The molecule has 1 aliphatic rings. The summed E-state index contributed by atoms with van der Waals surface area (Å²) in [6, 6.07) is 7.68. The van der Waals surface area contributed by atoms with Crippen molar-refractivity contribution in [1.29, 1.82) is 0 Å². The number of rotatable bonds is 6. The van der Waals surface area contributed by atoms with Gasteiger partial charge in [0.2, 0.25) is 0 Å². The van der Waals surface area contributed by atoms with E-state index in [0.717, 1.165) is 22.9 Å². The molecule has 18 heavy (non-hydrogen) atoms. The number of halogens is 1. The second-order valence-corrected chi connectivity index (χ2v) is 6.01. The van der Waals surface area contributed by atoms with Gasteiger partial charge in [0.1, 0.15) is 0 Å². The molecule has 1 N–H and O–H groups in total. The van der Waals surface area contributed by atoms with Gasteiger partial charge in [-0.1, -0.05) is 28.1 Å². The van der Waals surface area contributed by atoms with Gasteiger partial charge in [-0.3, -0.25) is 0 Å². The van der Waals surface area contributed by atoms with Gasteiger partial charge in [-0.15, -0.1) is 0 Å². The average Bonchev–Trinajstić information content (AvgIpc) is 3.13. The van der Waals surface area contributed by atoms with E-state index in [1.54, 1.807) is 6.92 Å². The first-order valence-electron chi connectivity index (χ1n) is 6.11. The summed E-state index contributed by atoms with van der Waals surface area (Å²) in [5, 5.41) is 9.35. The van der Waals surface area contributed by atoms with Crippen LogP contribution >= 0.6 is 15.9 Å². The van der Waals surface area contributed by atoms with E-state index in [9.17, 15) is 9.90 Å². The lowest BCUT2D eigenvalue weighted by atomic mass is 9.96. The van der Waals surface area contributed by atoms with Crippen molar-refractivity contribution in [2.45, 2.75) is 31.8 Å². The van der Waals surface area contributed by atoms with E-state index >= 15 is 0 Å². The Kier molecular flexibility index (Phi) is 4.07. The largest absolute Gasteiger partial charge is 0.479 e. The summed E-state index contributed by atoms with van der Waals surface area (Å²) < 4.78 is 6.63. The summed E-state index contributed by atoms with van der Waals surface area (Å²) in [5.41, 5.74) is -0.157. The van der Waals surface area contributed by atoms with Crippen LogP contribution in [-0.4, -0.2) is 23.3 Å². The Morgan fingerprint density at radius 2 is 2.06 bits per heavy atom. The molecule has 0 amide bonds. The van der Waals surface area contributed by atoms with Crippen molar-refractivity contribution in [3.63, 3.8) is 0 Å². The zero-order valence-electron chi connectivity index (χ0n) is 10.4. The fourth-order valence-electron chi connectivity index (χ4n) is 1.77. The normalized spacial score (nSPS) is 18.3. The molecule has 0 saturated heterocycles. The van der Waals surface area contributed by atoms with E-state index < -0.39 is 11.6 Å². The molecule has 98 valence electrons. The fourth-order valence-corrected chi connectivity index (χ4v) is 2.03. The van der Waals surface area contributed by atoms with Gasteiger partial charge >= 0.3 is 5.97 Å². The molecule has 1 unspecified atom stereocenters. The van der Waals surface area contributed by atoms with Crippen molar-refractivity contribution in [1.82, 2.24) is 0 Å². The van der Waals surface area contributed by atoms with Crippen LogP contribution < -0.4 is 0 Å². The Morgan fingerprint density at radius 3 is 2.56 bits per heavy atom. The molecule has 0 bridgehead atoms. The maximum Gasteiger partial charge on any atom is 0.336 e. The molecular formula is C14H17BrO3. The molecular weight excluding hydrogens is 296 g/mol. The smallest absolute Gasteiger partial charge is 0.336 e. The number of aliphatic carboxylic acids is 1. The Morgan fingerprint density at radius 1 is 1.44 bits per heavy atom. The van der Waals surface area contributed by atoms with Crippen LogP contribution in [0.3, 0.4) is 0 Å². The first-order chi connectivity index (χ1) is 8.49. The number of hydrogen-bond acceptors (Lipinski definition) is 2. The molecule has 0 spiro atoms. The zero-order chi connectivity index (χ0) is 13.2. The van der Waals surface area contributed by atoms with Gasteiger partial charge in [0, 0.05) is 10.9 Å². The Hall–Kier alpha value is -0.870. The highest BCUT2D eigenvalue weighted by Gasteiger charge is 2.36. The fraction of sp³-hybridized carbons (Fsp3) is 0.500. The van der Waals surface area contributed by atoms with E-state index in [2.05, 4.69) is 15.9 Å². The van der Waals surface area contributed by atoms with Crippen molar-refractivity contribution >= 4 is 21.9 Å². The molecule has 3 nitrogen and oxygen atoms in total. The standard InChI is InChI=1S/C14H17BrO3/c1-14(13(16)17,18-9-11-2-3-11)8-10-4-6-12(15)7-5-10/h4-7,11H,2-3,8-9H2,1H3,(H,16,17). The summed E-state index contributed by atoms with van der Waals surface area (Å²) in [4.78, 5) is 11.4. The van der Waals surface area contributed by atoms with Gasteiger partial charge in [0.05, 0.1) is 6.61 Å². The summed E-state index contributed by atoms with van der Waals surface area (Å²) >= 11 is 3.36.